The summed E-state index contributed by atoms with van der Waals surface area (Å²) in [5, 5.41) is 0. The maximum absolute atomic E-state index is 5.79. The van der Waals surface area contributed by atoms with Crippen LogP contribution in [0, 0.1) is 0 Å². The van der Waals surface area contributed by atoms with Gasteiger partial charge in [-0.1, -0.05) is 48.5 Å². The summed E-state index contributed by atoms with van der Waals surface area (Å²) < 4.78 is 11.5. The molecular formula is C23H20N2O2. The largest absolute Gasteiger partial charge is 0.486 e. The molecule has 1 atom stereocenters. The Morgan fingerprint density at radius 1 is 0.778 bits per heavy atom. The Balaban J connectivity index is 1.53. The van der Waals surface area contributed by atoms with E-state index in [2.05, 4.69) is 47.4 Å². The van der Waals surface area contributed by atoms with E-state index in [9.17, 15) is 0 Å². The van der Waals surface area contributed by atoms with E-state index in [0.717, 1.165) is 35.1 Å². The summed E-state index contributed by atoms with van der Waals surface area (Å²) in [5.74, 6) is 2.67. The second-order valence-corrected chi connectivity index (χ2v) is 6.69. The zero-order valence-electron chi connectivity index (χ0n) is 14.9. The SMILES string of the molecule is c1ccc(/N=C2\CC(c3ccccc3)N2c2ccc3c(c2)OCCO3)cc1. The summed E-state index contributed by atoms with van der Waals surface area (Å²) in [6, 6.07) is 27.1. The van der Waals surface area contributed by atoms with Crippen molar-refractivity contribution in [3.63, 3.8) is 0 Å². The van der Waals surface area contributed by atoms with E-state index in [4.69, 9.17) is 14.5 Å². The van der Waals surface area contributed by atoms with Crippen LogP contribution in [0.4, 0.5) is 11.4 Å². The topological polar surface area (TPSA) is 34.1 Å². The summed E-state index contributed by atoms with van der Waals surface area (Å²) in [6.45, 7) is 1.19. The fourth-order valence-corrected chi connectivity index (χ4v) is 3.63. The molecule has 3 aromatic carbocycles. The highest BCUT2D eigenvalue weighted by atomic mass is 16.6. The number of aliphatic imine (C=N–C) groups is 1. The number of fused-ring (bicyclic) bond motifs is 1. The molecule has 2 aliphatic heterocycles. The molecule has 0 saturated carbocycles. The highest BCUT2D eigenvalue weighted by molar-refractivity contribution is 6.06. The van der Waals surface area contributed by atoms with E-state index < -0.39 is 0 Å². The first-order valence-electron chi connectivity index (χ1n) is 9.25. The maximum Gasteiger partial charge on any atom is 0.163 e. The Morgan fingerprint density at radius 3 is 2.26 bits per heavy atom. The third-order valence-corrected chi connectivity index (χ3v) is 4.97. The molecule has 2 heterocycles. The molecule has 3 aromatic rings. The Labute approximate surface area is 158 Å². The van der Waals surface area contributed by atoms with E-state index in [1.165, 1.54) is 5.56 Å². The molecule has 1 unspecified atom stereocenters. The van der Waals surface area contributed by atoms with Gasteiger partial charge in [0, 0.05) is 18.2 Å². The molecule has 1 saturated heterocycles. The van der Waals surface area contributed by atoms with Crippen LogP contribution in [-0.2, 0) is 0 Å². The molecule has 5 rings (SSSR count). The second kappa shape index (κ2) is 6.80. The number of amidine groups is 1. The molecule has 0 aromatic heterocycles. The lowest BCUT2D eigenvalue weighted by atomic mass is 9.92. The van der Waals surface area contributed by atoms with Crippen LogP contribution in [0.25, 0.3) is 0 Å². The third-order valence-electron chi connectivity index (χ3n) is 4.97. The third kappa shape index (κ3) is 3.04. The van der Waals surface area contributed by atoms with Gasteiger partial charge in [0.25, 0.3) is 0 Å². The first-order valence-corrected chi connectivity index (χ1v) is 9.25. The van der Waals surface area contributed by atoms with Gasteiger partial charge in [-0.3, -0.25) is 0 Å². The van der Waals surface area contributed by atoms with Crippen LogP contribution in [0.3, 0.4) is 0 Å². The van der Waals surface area contributed by atoms with Crippen LogP contribution in [0.5, 0.6) is 11.5 Å². The van der Waals surface area contributed by atoms with Gasteiger partial charge in [0.15, 0.2) is 11.5 Å². The minimum atomic E-state index is 0.274. The molecule has 1 fully saturated rings. The fourth-order valence-electron chi connectivity index (χ4n) is 3.63. The predicted molar refractivity (Wildman–Crippen MR) is 107 cm³/mol. The standard InChI is InChI=1S/C23H20N2O2/c1-3-7-17(8-4-1)20-16-23(24-18-9-5-2-6-10-18)25(20)19-11-12-21-22(15-19)27-14-13-26-21/h1-12,15,20H,13-14,16H2/b24-23+. The number of benzene rings is 3. The van der Waals surface area contributed by atoms with Crippen molar-refractivity contribution < 1.29 is 9.47 Å². The minimum Gasteiger partial charge on any atom is -0.486 e. The van der Waals surface area contributed by atoms with Crippen LogP contribution >= 0.6 is 0 Å². The van der Waals surface area contributed by atoms with E-state index in [0.29, 0.717) is 13.2 Å². The summed E-state index contributed by atoms with van der Waals surface area (Å²) in [7, 11) is 0. The summed E-state index contributed by atoms with van der Waals surface area (Å²) in [6.07, 6.45) is 0.910. The van der Waals surface area contributed by atoms with Crippen molar-refractivity contribution in [1.82, 2.24) is 0 Å². The van der Waals surface area contributed by atoms with E-state index >= 15 is 0 Å². The molecule has 0 spiro atoms. The molecule has 0 amide bonds. The summed E-state index contributed by atoms with van der Waals surface area (Å²) >= 11 is 0. The number of para-hydroxylation sites is 1. The van der Waals surface area contributed by atoms with E-state index in [1.807, 2.05) is 36.4 Å². The zero-order valence-corrected chi connectivity index (χ0v) is 14.9. The molecule has 0 aliphatic carbocycles. The molecular weight excluding hydrogens is 336 g/mol. The smallest absolute Gasteiger partial charge is 0.163 e. The van der Waals surface area contributed by atoms with Gasteiger partial charge in [-0.2, -0.15) is 0 Å². The Kier molecular flexibility index (Phi) is 4.02. The highest BCUT2D eigenvalue weighted by Crippen LogP contribution is 2.43. The Hall–Kier alpha value is -3.27. The van der Waals surface area contributed by atoms with Crippen molar-refractivity contribution in [2.75, 3.05) is 18.1 Å². The average Bonchev–Trinajstić information content (AvgIpc) is 2.72. The van der Waals surface area contributed by atoms with Crippen molar-refractivity contribution in [3.8, 4) is 11.5 Å². The number of hydrogen-bond donors (Lipinski definition) is 0. The summed E-state index contributed by atoms with van der Waals surface area (Å²) in [5.41, 5.74) is 3.34. The fraction of sp³-hybridized carbons (Fsp3) is 0.174. The van der Waals surface area contributed by atoms with E-state index in [-0.39, 0.29) is 6.04 Å². The molecule has 2 aliphatic rings. The van der Waals surface area contributed by atoms with Crippen molar-refractivity contribution in [2.45, 2.75) is 12.5 Å². The van der Waals surface area contributed by atoms with Crippen LogP contribution < -0.4 is 14.4 Å². The molecule has 4 heteroatoms. The number of nitrogens with zero attached hydrogens (tertiary/aromatic N) is 2. The number of anilines is 1. The van der Waals surface area contributed by atoms with Crippen molar-refractivity contribution in [3.05, 3.63) is 84.4 Å². The molecule has 0 bridgehead atoms. The lowest BCUT2D eigenvalue weighted by Gasteiger charge is -2.44. The van der Waals surface area contributed by atoms with Gasteiger partial charge < -0.3 is 14.4 Å². The van der Waals surface area contributed by atoms with Crippen molar-refractivity contribution in [2.24, 2.45) is 4.99 Å². The molecule has 0 radical (unpaired) electrons. The van der Waals surface area contributed by atoms with Gasteiger partial charge in [0.2, 0.25) is 0 Å². The van der Waals surface area contributed by atoms with Crippen molar-refractivity contribution in [1.29, 1.82) is 0 Å². The summed E-state index contributed by atoms with van der Waals surface area (Å²) in [4.78, 5) is 7.17. The number of rotatable bonds is 3. The molecule has 4 nitrogen and oxygen atoms in total. The van der Waals surface area contributed by atoms with E-state index in [1.54, 1.807) is 0 Å². The normalized spacial score (nSPS) is 19.6. The molecule has 27 heavy (non-hydrogen) atoms. The van der Waals surface area contributed by atoms with Crippen LogP contribution in [0.2, 0.25) is 0 Å². The first kappa shape index (κ1) is 15.9. The monoisotopic (exact) mass is 356 g/mol. The maximum atomic E-state index is 5.79. The van der Waals surface area contributed by atoms with Gasteiger partial charge in [-0.25, -0.2) is 4.99 Å². The first-order chi connectivity index (χ1) is 13.4. The highest BCUT2D eigenvalue weighted by Gasteiger charge is 2.37. The minimum absolute atomic E-state index is 0.274. The average molecular weight is 356 g/mol. The van der Waals surface area contributed by atoms with Gasteiger partial charge >= 0.3 is 0 Å². The zero-order chi connectivity index (χ0) is 18.1. The number of ether oxygens (including phenoxy) is 2. The van der Waals surface area contributed by atoms with Gasteiger partial charge in [0.1, 0.15) is 19.0 Å². The lowest BCUT2D eigenvalue weighted by molar-refractivity contribution is 0.171. The van der Waals surface area contributed by atoms with Crippen LogP contribution in [-0.4, -0.2) is 19.0 Å². The molecule has 134 valence electrons. The number of hydrogen-bond acceptors (Lipinski definition) is 3. The second-order valence-electron chi connectivity index (χ2n) is 6.69. The Morgan fingerprint density at radius 2 is 1.48 bits per heavy atom. The molecule has 0 N–H and O–H groups in total. The van der Waals surface area contributed by atoms with Gasteiger partial charge in [-0.05, 0) is 29.8 Å². The van der Waals surface area contributed by atoms with Crippen LogP contribution in [0.1, 0.15) is 18.0 Å². The lowest BCUT2D eigenvalue weighted by Crippen LogP contribution is -2.46. The van der Waals surface area contributed by atoms with Gasteiger partial charge in [-0.15, -0.1) is 0 Å². The quantitative estimate of drug-likeness (QED) is 0.652. The van der Waals surface area contributed by atoms with Crippen molar-refractivity contribution >= 4 is 17.2 Å². The predicted octanol–water partition coefficient (Wildman–Crippen LogP) is 5.14. The Bertz CT molecular complexity index is 970. The van der Waals surface area contributed by atoms with Gasteiger partial charge in [0.05, 0.1) is 11.7 Å². The van der Waals surface area contributed by atoms with Crippen LogP contribution in [0.15, 0.2) is 83.9 Å².